The second kappa shape index (κ2) is 13.7. The summed E-state index contributed by atoms with van der Waals surface area (Å²) in [6.45, 7) is 11.3. The highest BCUT2D eigenvalue weighted by Crippen LogP contribution is 2.40. The van der Waals surface area contributed by atoms with Gasteiger partial charge in [0, 0.05) is 72.8 Å². The van der Waals surface area contributed by atoms with E-state index in [-0.39, 0.29) is 0 Å². The first kappa shape index (κ1) is 31.2. The Morgan fingerprint density at radius 2 is 1.82 bits per heavy atom. The van der Waals surface area contributed by atoms with E-state index in [0.717, 1.165) is 83.5 Å². The Morgan fingerprint density at radius 1 is 1.05 bits per heavy atom. The maximum absolute atomic E-state index is 6.57. The average molecular weight is 700 g/mol. The summed E-state index contributed by atoms with van der Waals surface area (Å²) in [4.78, 5) is 23.2. The van der Waals surface area contributed by atoms with E-state index in [1.54, 1.807) is 25.7 Å². The summed E-state index contributed by atoms with van der Waals surface area (Å²) in [5, 5.41) is 8.29. The monoisotopic (exact) mass is 698 g/mol. The maximum atomic E-state index is 6.57. The van der Waals surface area contributed by atoms with Crippen molar-refractivity contribution in [1.29, 1.82) is 0 Å². The van der Waals surface area contributed by atoms with Crippen molar-refractivity contribution >= 4 is 80.6 Å². The third kappa shape index (κ3) is 6.58. The molecule has 4 heterocycles. The lowest BCUT2D eigenvalue weighted by Crippen LogP contribution is -2.58. The van der Waals surface area contributed by atoms with Gasteiger partial charge < -0.3 is 25.0 Å². The van der Waals surface area contributed by atoms with Crippen LogP contribution in [-0.2, 0) is 4.74 Å². The number of benzene rings is 2. The van der Waals surface area contributed by atoms with Gasteiger partial charge >= 0.3 is 0 Å². The van der Waals surface area contributed by atoms with Crippen molar-refractivity contribution in [2.75, 3.05) is 68.8 Å². The molecule has 0 radical (unpaired) electrons. The van der Waals surface area contributed by atoms with Crippen molar-refractivity contribution in [3.05, 3.63) is 52.4 Å². The number of hydrogen-bond donors (Lipinski definition) is 2. The van der Waals surface area contributed by atoms with Gasteiger partial charge in [-0.2, -0.15) is 4.98 Å². The Balaban J connectivity index is 1.18. The standard InChI is InChI=1S/C31H37BrClN8O2P/c1-5-43-20-17-41(18-20)19-8-12-40(13-9-19)26-15-27(42-2)25(14-21(26)32)38-31-36-16-22(33)30(39-31)37-24-7-6-23-28(29(24)44(3)4)35-11-10-34-23/h6-7,10-11,14-16,19-20H,5,8-9,12-13,17-18H2,1-4H3,(H2,36,37,38,39). The minimum Gasteiger partial charge on any atom is -0.494 e. The van der Waals surface area contributed by atoms with Crippen molar-refractivity contribution in [3.63, 3.8) is 0 Å². The van der Waals surface area contributed by atoms with Gasteiger partial charge in [-0.15, -0.1) is 0 Å². The molecule has 2 N–H and O–H groups in total. The first-order valence-electron chi connectivity index (χ1n) is 14.8. The molecule has 44 heavy (non-hydrogen) atoms. The van der Waals surface area contributed by atoms with Crippen LogP contribution in [0.25, 0.3) is 11.0 Å². The molecule has 0 bridgehead atoms. The molecule has 2 saturated heterocycles. The fourth-order valence-corrected chi connectivity index (χ4v) is 7.91. The molecule has 2 aliphatic rings. The fraction of sp³-hybridized carbons (Fsp3) is 0.419. The van der Waals surface area contributed by atoms with Crippen molar-refractivity contribution in [2.45, 2.75) is 31.9 Å². The number of likely N-dealkylation sites (tertiary alicyclic amines) is 1. The first-order chi connectivity index (χ1) is 21.3. The van der Waals surface area contributed by atoms with Crippen LogP contribution in [0.3, 0.4) is 0 Å². The highest BCUT2D eigenvalue weighted by molar-refractivity contribution is 9.10. The second-order valence-electron chi connectivity index (χ2n) is 11.2. The SMILES string of the molecule is CCOC1CN(C2CCN(c3cc(OC)c(Nc4ncc(Cl)c(Nc5ccc6nccnc6c5P(C)C)n4)cc3Br)CC2)C1. The van der Waals surface area contributed by atoms with Crippen LogP contribution < -0.4 is 25.6 Å². The van der Waals surface area contributed by atoms with E-state index in [4.69, 9.17) is 26.1 Å². The van der Waals surface area contributed by atoms with Crippen LogP contribution in [0.4, 0.5) is 28.8 Å². The van der Waals surface area contributed by atoms with Crippen molar-refractivity contribution < 1.29 is 9.47 Å². The summed E-state index contributed by atoms with van der Waals surface area (Å²) in [7, 11) is 1.18. The van der Waals surface area contributed by atoms with Crippen molar-refractivity contribution in [3.8, 4) is 5.75 Å². The number of ether oxygens (including phenoxy) is 2. The van der Waals surface area contributed by atoms with Crippen molar-refractivity contribution in [2.24, 2.45) is 0 Å². The lowest BCUT2D eigenvalue weighted by atomic mass is 9.98. The molecule has 0 unspecified atom stereocenters. The molecule has 0 aliphatic carbocycles. The number of anilines is 5. The number of methoxy groups -OCH3 is 1. The van der Waals surface area contributed by atoms with Gasteiger partial charge in [-0.3, -0.25) is 14.9 Å². The molecule has 0 spiro atoms. The molecular formula is C31H37BrClN8O2P. The lowest BCUT2D eigenvalue weighted by molar-refractivity contribution is -0.0712. The number of piperidine rings is 1. The zero-order valence-electron chi connectivity index (χ0n) is 25.3. The maximum Gasteiger partial charge on any atom is 0.229 e. The third-order valence-corrected chi connectivity index (χ3v) is 10.4. The van der Waals surface area contributed by atoms with Crippen LogP contribution in [0, 0.1) is 0 Å². The third-order valence-electron chi connectivity index (χ3n) is 8.17. The van der Waals surface area contributed by atoms with E-state index in [9.17, 15) is 0 Å². The topological polar surface area (TPSA) is 101 Å². The zero-order valence-corrected chi connectivity index (χ0v) is 28.6. The van der Waals surface area contributed by atoms with Gasteiger partial charge in [0.25, 0.3) is 0 Å². The minimum atomic E-state index is -0.496. The quantitative estimate of drug-likeness (QED) is 0.181. The highest BCUT2D eigenvalue weighted by atomic mass is 79.9. The number of rotatable bonds is 10. The van der Waals surface area contributed by atoms with Crippen LogP contribution in [0.5, 0.6) is 5.75 Å². The molecule has 2 aliphatic heterocycles. The Labute approximate surface area is 272 Å². The molecule has 0 amide bonds. The van der Waals surface area contributed by atoms with Gasteiger partial charge in [-0.25, -0.2) is 4.98 Å². The molecule has 0 saturated carbocycles. The second-order valence-corrected chi connectivity index (χ2v) is 14.7. The van der Waals surface area contributed by atoms with Crippen LogP contribution in [0.2, 0.25) is 5.02 Å². The number of nitrogens with zero attached hydrogens (tertiary/aromatic N) is 6. The molecule has 6 rings (SSSR count). The summed E-state index contributed by atoms with van der Waals surface area (Å²) < 4.78 is 12.5. The molecule has 232 valence electrons. The van der Waals surface area contributed by atoms with Gasteiger partial charge in [0.15, 0.2) is 5.82 Å². The Morgan fingerprint density at radius 3 is 2.55 bits per heavy atom. The predicted octanol–water partition coefficient (Wildman–Crippen LogP) is 6.39. The van der Waals surface area contributed by atoms with Crippen LogP contribution >= 0.6 is 35.5 Å². The Bertz CT molecular complexity index is 1630. The summed E-state index contributed by atoms with van der Waals surface area (Å²) in [5.74, 6) is 1.60. The number of fused-ring (bicyclic) bond motifs is 1. The fourth-order valence-electron chi connectivity index (χ4n) is 5.97. The highest BCUT2D eigenvalue weighted by Gasteiger charge is 2.34. The molecule has 2 aromatic carbocycles. The largest absolute Gasteiger partial charge is 0.494 e. The van der Waals surface area contributed by atoms with Gasteiger partial charge in [-0.05, 0) is 67.2 Å². The zero-order chi connectivity index (χ0) is 30.8. The van der Waals surface area contributed by atoms with E-state index in [0.29, 0.717) is 34.7 Å². The lowest BCUT2D eigenvalue weighted by Gasteiger charge is -2.47. The van der Waals surface area contributed by atoms with Crippen molar-refractivity contribution in [1.82, 2.24) is 24.8 Å². The number of nitrogens with one attached hydrogen (secondary N) is 2. The molecule has 13 heteroatoms. The van der Waals surface area contributed by atoms with E-state index < -0.39 is 7.92 Å². The normalized spacial score (nSPS) is 16.4. The van der Waals surface area contributed by atoms with Crippen LogP contribution in [0.1, 0.15) is 19.8 Å². The van der Waals surface area contributed by atoms with E-state index >= 15 is 0 Å². The predicted molar refractivity (Wildman–Crippen MR) is 184 cm³/mol. The van der Waals surface area contributed by atoms with E-state index in [2.05, 4.69) is 77.6 Å². The minimum absolute atomic E-state index is 0.396. The molecule has 4 aromatic rings. The molecule has 2 fully saturated rings. The first-order valence-corrected chi connectivity index (χ1v) is 18.2. The van der Waals surface area contributed by atoms with Gasteiger partial charge in [-0.1, -0.05) is 19.5 Å². The number of halogens is 2. The molecular weight excluding hydrogens is 663 g/mol. The van der Waals surface area contributed by atoms with Gasteiger partial charge in [0.05, 0.1) is 41.8 Å². The average Bonchev–Trinajstić information content (AvgIpc) is 3.00. The van der Waals surface area contributed by atoms with E-state index in [1.807, 2.05) is 18.2 Å². The number of aromatic nitrogens is 4. The van der Waals surface area contributed by atoms with Gasteiger partial charge in [0.1, 0.15) is 10.8 Å². The molecule has 10 nitrogen and oxygen atoms in total. The summed E-state index contributed by atoms with van der Waals surface area (Å²) in [5.41, 5.74) is 4.51. The van der Waals surface area contributed by atoms with Crippen LogP contribution in [0.15, 0.2) is 47.3 Å². The van der Waals surface area contributed by atoms with E-state index in [1.165, 1.54) is 0 Å². The summed E-state index contributed by atoms with van der Waals surface area (Å²) >= 11 is 10.4. The smallest absolute Gasteiger partial charge is 0.229 e. The summed E-state index contributed by atoms with van der Waals surface area (Å²) in [6, 6.07) is 8.67. The number of hydrogen-bond acceptors (Lipinski definition) is 10. The molecule has 2 aromatic heterocycles. The summed E-state index contributed by atoms with van der Waals surface area (Å²) in [6.07, 6.45) is 7.68. The van der Waals surface area contributed by atoms with Gasteiger partial charge in [0.2, 0.25) is 5.95 Å². The Hall–Kier alpha value is -2.82. The molecule has 0 atom stereocenters. The Kier molecular flexibility index (Phi) is 9.68. The van der Waals surface area contributed by atoms with Crippen LogP contribution in [-0.4, -0.2) is 90.2 Å².